The van der Waals surface area contributed by atoms with Crippen LogP contribution in [0.5, 0.6) is 0 Å². The third-order valence-electron chi connectivity index (χ3n) is 3.27. The molecule has 20 heavy (non-hydrogen) atoms. The summed E-state index contributed by atoms with van der Waals surface area (Å²) < 4.78 is 1.83. The van der Waals surface area contributed by atoms with E-state index in [0.717, 1.165) is 30.0 Å². The van der Waals surface area contributed by atoms with Crippen molar-refractivity contribution in [1.82, 2.24) is 20.4 Å². The molecule has 0 fully saturated rings. The van der Waals surface area contributed by atoms with Crippen molar-refractivity contribution in [3.63, 3.8) is 0 Å². The van der Waals surface area contributed by atoms with E-state index in [1.54, 1.807) is 0 Å². The van der Waals surface area contributed by atoms with Crippen molar-refractivity contribution >= 4 is 5.91 Å². The second kappa shape index (κ2) is 8.01. The van der Waals surface area contributed by atoms with Crippen molar-refractivity contribution < 1.29 is 9.90 Å². The molecule has 1 aromatic rings. The van der Waals surface area contributed by atoms with Crippen LogP contribution in [0.2, 0.25) is 0 Å². The largest absolute Gasteiger partial charge is 0.394 e. The van der Waals surface area contributed by atoms with Gasteiger partial charge in [-0.1, -0.05) is 13.8 Å². The van der Waals surface area contributed by atoms with Gasteiger partial charge in [0.1, 0.15) is 0 Å². The summed E-state index contributed by atoms with van der Waals surface area (Å²) in [4.78, 5) is 11.4. The first-order valence-corrected chi connectivity index (χ1v) is 7.09. The summed E-state index contributed by atoms with van der Waals surface area (Å²) in [5.74, 6) is 0.103. The van der Waals surface area contributed by atoms with Crippen LogP contribution >= 0.6 is 0 Å². The van der Waals surface area contributed by atoms with Crippen LogP contribution in [-0.2, 0) is 17.9 Å². The Morgan fingerprint density at radius 3 is 2.65 bits per heavy atom. The van der Waals surface area contributed by atoms with Gasteiger partial charge in [0.05, 0.1) is 18.8 Å². The Labute approximate surface area is 120 Å². The molecule has 1 amide bonds. The Hall–Kier alpha value is -1.40. The smallest absolute Gasteiger partial charge is 0.222 e. The standard InChI is InChI=1S/C14H26N4O2/c1-10(2)14(20)16-6-5-15-9-13-11(3)17-18(7-8-19)12(13)4/h10,15,19H,5-9H2,1-4H3,(H,16,20). The normalized spacial score (nSPS) is 11.1. The first kappa shape index (κ1) is 16.7. The SMILES string of the molecule is Cc1nn(CCO)c(C)c1CNCCNC(=O)C(C)C. The Morgan fingerprint density at radius 2 is 2.05 bits per heavy atom. The first-order chi connectivity index (χ1) is 9.47. The van der Waals surface area contributed by atoms with E-state index in [4.69, 9.17) is 5.11 Å². The number of carbonyl (C=O) groups excluding carboxylic acids is 1. The number of aliphatic hydroxyl groups excluding tert-OH is 1. The highest BCUT2D eigenvalue weighted by Gasteiger charge is 2.10. The molecule has 0 atom stereocenters. The maximum Gasteiger partial charge on any atom is 0.222 e. The molecule has 0 unspecified atom stereocenters. The lowest BCUT2D eigenvalue weighted by Gasteiger charge is -2.09. The topological polar surface area (TPSA) is 79.2 Å². The molecule has 0 bridgehead atoms. The maximum absolute atomic E-state index is 11.4. The second-order valence-electron chi connectivity index (χ2n) is 5.22. The fourth-order valence-corrected chi connectivity index (χ4v) is 1.99. The Morgan fingerprint density at radius 1 is 1.35 bits per heavy atom. The fourth-order valence-electron chi connectivity index (χ4n) is 1.99. The summed E-state index contributed by atoms with van der Waals surface area (Å²) in [6.45, 7) is 10.4. The molecule has 114 valence electrons. The predicted molar refractivity (Wildman–Crippen MR) is 78.3 cm³/mol. The molecule has 0 aliphatic carbocycles. The van der Waals surface area contributed by atoms with Crippen molar-refractivity contribution in [3.8, 4) is 0 Å². The van der Waals surface area contributed by atoms with Crippen LogP contribution in [0.4, 0.5) is 0 Å². The molecule has 0 aliphatic rings. The molecule has 0 saturated carbocycles. The van der Waals surface area contributed by atoms with E-state index >= 15 is 0 Å². The minimum absolute atomic E-state index is 0.0243. The van der Waals surface area contributed by atoms with Gasteiger partial charge in [-0.3, -0.25) is 9.48 Å². The monoisotopic (exact) mass is 282 g/mol. The van der Waals surface area contributed by atoms with Crippen molar-refractivity contribution in [1.29, 1.82) is 0 Å². The summed E-state index contributed by atoms with van der Waals surface area (Å²) in [6.07, 6.45) is 0. The summed E-state index contributed by atoms with van der Waals surface area (Å²) in [5.41, 5.74) is 3.22. The lowest BCUT2D eigenvalue weighted by molar-refractivity contribution is -0.123. The average Bonchev–Trinajstić information content (AvgIpc) is 2.65. The van der Waals surface area contributed by atoms with Crippen molar-refractivity contribution in [2.45, 2.75) is 40.8 Å². The quantitative estimate of drug-likeness (QED) is 0.601. The zero-order chi connectivity index (χ0) is 15.1. The van der Waals surface area contributed by atoms with Crippen LogP contribution in [0.3, 0.4) is 0 Å². The molecule has 6 heteroatoms. The van der Waals surface area contributed by atoms with Crippen LogP contribution in [0, 0.1) is 19.8 Å². The van der Waals surface area contributed by atoms with Gasteiger partial charge >= 0.3 is 0 Å². The number of rotatable bonds is 8. The van der Waals surface area contributed by atoms with Gasteiger partial charge in [0.25, 0.3) is 0 Å². The van der Waals surface area contributed by atoms with Crippen LogP contribution in [0.25, 0.3) is 0 Å². The van der Waals surface area contributed by atoms with Crippen molar-refractivity contribution in [3.05, 3.63) is 17.0 Å². The Bertz CT molecular complexity index is 441. The number of amides is 1. The van der Waals surface area contributed by atoms with Crippen LogP contribution < -0.4 is 10.6 Å². The van der Waals surface area contributed by atoms with Crippen LogP contribution in [0.15, 0.2) is 0 Å². The lowest BCUT2D eigenvalue weighted by atomic mass is 10.2. The van der Waals surface area contributed by atoms with E-state index in [9.17, 15) is 4.79 Å². The van der Waals surface area contributed by atoms with E-state index in [2.05, 4.69) is 15.7 Å². The summed E-state index contributed by atoms with van der Waals surface area (Å²) in [5, 5.41) is 19.5. The first-order valence-electron chi connectivity index (χ1n) is 7.09. The van der Waals surface area contributed by atoms with E-state index in [0.29, 0.717) is 13.1 Å². The number of nitrogens with zero attached hydrogens (tertiary/aromatic N) is 2. The summed E-state index contributed by atoms with van der Waals surface area (Å²) >= 11 is 0. The summed E-state index contributed by atoms with van der Waals surface area (Å²) in [7, 11) is 0. The summed E-state index contributed by atoms with van der Waals surface area (Å²) in [6, 6.07) is 0. The number of aromatic nitrogens is 2. The Kier molecular flexibility index (Phi) is 6.67. The van der Waals surface area contributed by atoms with Gasteiger partial charge in [0.15, 0.2) is 0 Å². The van der Waals surface area contributed by atoms with Crippen molar-refractivity contribution in [2.75, 3.05) is 19.7 Å². The zero-order valence-electron chi connectivity index (χ0n) is 12.9. The molecule has 0 aromatic carbocycles. The van der Waals surface area contributed by atoms with Crippen molar-refractivity contribution in [2.24, 2.45) is 5.92 Å². The maximum atomic E-state index is 11.4. The number of carbonyl (C=O) groups is 1. The highest BCUT2D eigenvalue weighted by Crippen LogP contribution is 2.12. The highest BCUT2D eigenvalue weighted by molar-refractivity contribution is 5.77. The predicted octanol–water partition coefficient (Wildman–Crippen LogP) is 0.354. The van der Waals surface area contributed by atoms with Gasteiger partial charge in [0.2, 0.25) is 5.91 Å². The molecule has 3 N–H and O–H groups in total. The van der Waals surface area contributed by atoms with Gasteiger partial charge in [-0.15, -0.1) is 0 Å². The van der Waals surface area contributed by atoms with Crippen LogP contribution in [0.1, 0.15) is 30.8 Å². The molecular formula is C14H26N4O2. The van der Waals surface area contributed by atoms with E-state index < -0.39 is 0 Å². The van der Waals surface area contributed by atoms with E-state index in [-0.39, 0.29) is 18.4 Å². The number of nitrogens with one attached hydrogen (secondary N) is 2. The minimum Gasteiger partial charge on any atom is -0.394 e. The van der Waals surface area contributed by atoms with E-state index in [1.807, 2.05) is 32.4 Å². The van der Waals surface area contributed by atoms with E-state index in [1.165, 1.54) is 0 Å². The number of aryl methyl sites for hydroxylation is 1. The molecule has 0 spiro atoms. The molecular weight excluding hydrogens is 256 g/mol. The van der Waals surface area contributed by atoms with Gasteiger partial charge in [-0.2, -0.15) is 5.10 Å². The molecule has 0 aliphatic heterocycles. The molecule has 0 saturated heterocycles. The fraction of sp³-hybridized carbons (Fsp3) is 0.714. The third kappa shape index (κ3) is 4.61. The van der Waals surface area contributed by atoms with Crippen LogP contribution in [-0.4, -0.2) is 40.5 Å². The second-order valence-corrected chi connectivity index (χ2v) is 5.22. The van der Waals surface area contributed by atoms with Gasteiger partial charge < -0.3 is 15.7 Å². The van der Waals surface area contributed by atoms with Gasteiger partial charge in [0, 0.05) is 36.8 Å². The zero-order valence-corrected chi connectivity index (χ0v) is 12.9. The molecule has 0 radical (unpaired) electrons. The molecule has 1 aromatic heterocycles. The minimum atomic E-state index is 0.0243. The van der Waals surface area contributed by atoms with Gasteiger partial charge in [-0.25, -0.2) is 0 Å². The number of hydrogen-bond acceptors (Lipinski definition) is 4. The van der Waals surface area contributed by atoms with Gasteiger partial charge in [-0.05, 0) is 13.8 Å². The highest BCUT2D eigenvalue weighted by atomic mass is 16.3. The lowest BCUT2D eigenvalue weighted by Crippen LogP contribution is -2.34. The molecule has 6 nitrogen and oxygen atoms in total. The molecule has 1 rings (SSSR count). The Balaban J connectivity index is 2.37. The third-order valence-corrected chi connectivity index (χ3v) is 3.27. The average molecular weight is 282 g/mol. The number of aliphatic hydroxyl groups is 1. The molecule has 1 heterocycles. The number of hydrogen-bond donors (Lipinski definition) is 3.